The minimum absolute atomic E-state index is 0.341. The van der Waals surface area contributed by atoms with Gasteiger partial charge in [0.1, 0.15) is 6.79 Å². The van der Waals surface area contributed by atoms with Crippen molar-refractivity contribution in [1.29, 1.82) is 0 Å². The molecule has 94 valence electrons. The van der Waals surface area contributed by atoms with E-state index < -0.39 is 0 Å². The average molecular weight is 228 g/mol. The van der Waals surface area contributed by atoms with Gasteiger partial charge in [0.15, 0.2) is 0 Å². The molecule has 0 bridgehead atoms. The predicted molar refractivity (Wildman–Crippen MR) is 63.4 cm³/mol. The van der Waals surface area contributed by atoms with Crippen molar-refractivity contribution in [3.8, 4) is 0 Å². The maximum atomic E-state index is 5.51. The van der Waals surface area contributed by atoms with Gasteiger partial charge in [0.2, 0.25) is 0 Å². The van der Waals surface area contributed by atoms with Gasteiger partial charge in [-0.2, -0.15) is 0 Å². The van der Waals surface area contributed by atoms with Crippen LogP contribution >= 0.6 is 0 Å². The third kappa shape index (κ3) is 2.74. The fourth-order valence-electron chi connectivity index (χ4n) is 2.50. The summed E-state index contributed by atoms with van der Waals surface area (Å²) in [6, 6.07) is 0. The van der Waals surface area contributed by atoms with Gasteiger partial charge in [0.25, 0.3) is 0 Å². The highest BCUT2D eigenvalue weighted by atomic mass is 16.7. The number of nitrogens with zero attached hydrogens (tertiary/aromatic N) is 1. The SMILES string of the molecule is CN(C)C1(CNCC2CCOCO2)CCC1. The van der Waals surface area contributed by atoms with Crippen molar-refractivity contribution in [3.63, 3.8) is 0 Å². The van der Waals surface area contributed by atoms with Crippen LogP contribution in [-0.2, 0) is 9.47 Å². The molecule has 1 atom stereocenters. The molecular weight excluding hydrogens is 204 g/mol. The lowest BCUT2D eigenvalue weighted by molar-refractivity contribution is -0.137. The molecule has 0 radical (unpaired) electrons. The molecule has 1 aliphatic carbocycles. The Morgan fingerprint density at radius 1 is 1.38 bits per heavy atom. The molecule has 1 aliphatic heterocycles. The molecule has 2 fully saturated rings. The summed E-state index contributed by atoms with van der Waals surface area (Å²) in [7, 11) is 4.37. The van der Waals surface area contributed by atoms with E-state index in [1.807, 2.05) is 0 Å². The van der Waals surface area contributed by atoms with Crippen LogP contribution in [0, 0.1) is 0 Å². The zero-order valence-electron chi connectivity index (χ0n) is 10.5. The Labute approximate surface area is 98.3 Å². The Balaban J connectivity index is 1.66. The molecule has 4 nitrogen and oxygen atoms in total. The molecular formula is C12H24N2O2. The highest BCUT2D eigenvalue weighted by molar-refractivity contribution is 4.97. The zero-order chi connectivity index (χ0) is 11.4. The van der Waals surface area contributed by atoms with Crippen LogP contribution in [0.15, 0.2) is 0 Å². The Bertz CT molecular complexity index is 211. The van der Waals surface area contributed by atoms with Gasteiger partial charge < -0.3 is 19.7 Å². The molecule has 0 aromatic rings. The molecule has 4 heteroatoms. The summed E-state index contributed by atoms with van der Waals surface area (Å²) in [4.78, 5) is 2.37. The molecule has 0 aromatic carbocycles. The van der Waals surface area contributed by atoms with Gasteiger partial charge in [0, 0.05) is 18.6 Å². The first kappa shape index (κ1) is 12.3. The maximum Gasteiger partial charge on any atom is 0.147 e. The maximum absolute atomic E-state index is 5.51. The van der Waals surface area contributed by atoms with Gasteiger partial charge in [-0.25, -0.2) is 0 Å². The van der Waals surface area contributed by atoms with Gasteiger partial charge in [-0.05, 0) is 39.8 Å². The largest absolute Gasteiger partial charge is 0.355 e. The lowest BCUT2D eigenvalue weighted by Gasteiger charge is -2.47. The minimum atomic E-state index is 0.341. The van der Waals surface area contributed by atoms with E-state index in [1.54, 1.807) is 0 Å². The van der Waals surface area contributed by atoms with Gasteiger partial charge in [0.05, 0.1) is 12.7 Å². The summed E-state index contributed by atoms with van der Waals surface area (Å²) in [5.41, 5.74) is 0.408. The summed E-state index contributed by atoms with van der Waals surface area (Å²) < 4.78 is 10.7. The molecule has 2 rings (SSSR count). The van der Waals surface area contributed by atoms with E-state index in [1.165, 1.54) is 19.3 Å². The van der Waals surface area contributed by atoms with E-state index in [0.29, 0.717) is 18.4 Å². The van der Waals surface area contributed by atoms with Crippen molar-refractivity contribution in [2.24, 2.45) is 0 Å². The number of ether oxygens (including phenoxy) is 2. The van der Waals surface area contributed by atoms with Crippen LogP contribution in [-0.4, -0.2) is 57.1 Å². The van der Waals surface area contributed by atoms with Gasteiger partial charge in [-0.15, -0.1) is 0 Å². The molecule has 1 unspecified atom stereocenters. The predicted octanol–water partition coefficient (Wildman–Crippen LogP) is 0.823. The molecule has 1 saturated heterocycles. The van der Waals surface area contributed by atoms with Crippen molar-refractivity contribution in [2.45, 2.75) is 37.3 Å². The number of nitrogens with one attached hydrogen (secondary N) is 1. The van der Waals surface area contributed by atoms with Crippen molar-refractivity contribution >= 4 is 0 Å². The molecule has 2 aliphatic rings. The van der Waals surface area contributed by atoms with Crippen LogP contribution in [0.5, 0.6) is 0 Å². The van der Waals surface area contributed by atoms with Crippen LogP contribution in [0.4, 0.5) is 0 Å². The monoisotopic (exact) mass is 228 g/mol. The third-order valence-corrected chi connectivity index (χ3v) is 4.03. The van der Waals surface area contributed by atoms with E-state index in [0.717, 1.165) is 26.1 Å². The molecule has 1 saturated carbocycles. The summed E-state index contributed by atoms with van der Waals surface area (Å²) in [6.45, 7) is 3.34. The topological polar surface area (TPSA) is 33.7 Å². The number of rotatable bonds is 5. The number of hydrogen-bond acceptors (Lipinski definition) is 4. The standard InChI is InChI=1S/C12H24N2O2/c1-14(2)12(5-3-6-12)9-13-8-11-4-7-15-10-16-11/h11,13H,3-10H2,1-2H3. The Hall–Kier alpha value is -0.160. The summed E-state index contributed by atoms with van der Waals surface area (Å²) in [6.07, 6.45) is 5.37. The quantitative estimate of drug-likeness (QED) is 0.755. The fourth-order valence-corrected chi connectivity index (χ4v) is 2.50. The minimum Gasteiger partial charge on any atom is -0.355 e. The molecule has 0 amide bonds. The fraction of sp³-hybridized carbons (Fsp3) is 1.00. The normalized spacial score (nSPS) is 29.1. The highest BCUT2D eigenvalue weighted by Crippen LogP contribution is 2.35. The summed E-state index contributed by atoms with van der Waals surface area (Å²) in [5, 5.41) is 3.56. The third-order valence-electron chi connectivity index (χ3n) is 4.03. The first-order valence-electron chi connectivity index (χ1n) is 6.30. The van der Waals surface area contributed by atoms with Crippen molar-refractivity contribution in [1.82, 2.24) is 10.2 Å². The second-order valence-corrected chi connectivity index (χ2v) is 5.21. The summed E-state index contributed by atoms with van der Waals surface area (Å²) in [5.74, 6) is 0. The van der Waals surface area contributed by atoms with Crippen molar-refractivity contribution in [3.05, 3.63) is 0 Å². The van der Waals surface area contributed by atoms with E-state index >= 15 is 0 Å². The van der Waals surface area contributed by atoms with Crippen LogP contribution in [0.3, 0.4) is 0 Å². The number of likely N-dealkylation sites (N-methyl/N-ethyl adjacent to an activating group) is 1. The molecule has 1 heterocycles. The van der Waals surface area contributed by atoms with E-state index in [-0.39, 0.29) is 0 Å². The van der Waals surface area contributed by atoms with Crippen molar-refractivity contribution in [2.75, 3.05) is 40.6 Å². The molecule has 16 heavy (non-hydrogen) atoms. The second-order valence-electron chi connectivity index (χ2n) is 5.21. The van der Waals surface area contributed by atoms with Crippen molar-refractivity contribution < 1.29 is 9.47 Å². The lowest BCUT2D eigenvalue weighted by atomic mass is 9.75. The van der Waals surface area contributed by atoms with Crippen LogP contribution < -0.4 is 5.32 Å². The first-order chi connectivity index (χ1) is 7.73. The van der Waals surface area contributed by atoms with Gasteiger partial charge in [-0.1, -0.05) is 0 Å². The molecule has 0 spiro atoms. The van der Waals surface area contributed by atoms with E-state index in [2.05, 4.69) is 24.3 Å². The lowest BCUT2D eigenvalue weighted by Crippen LogP contribution is -2.57. The van der Waals surface area contributed by atoms with Crippen LogP contribution in [0.1, 0.15) is 25.7 Å². The Kier molecular flexibility index (Phi) is 4.19. The van der Waals surface area contributed by atoms with Gasteiger partial charge >= 0.3 is 0 Å². The van der Waals surface area contributed by atoms with E-state index in [4.69, 9.17) is 9.47 Å². The van der Waals surface area contributed by atoms with Crippen LogP contribution in [0.2, 0.25) is 0 Å². The average Bonchev–Trinajstić information content (AvgIpc) is 2.23. The van der Waals surface area contributed by atoms with Crippen LogP contribution in [0.25, 0.3) is 0 Å². The smallest absolute Gasteiger partial charge is 0.147 e. The molecule has 1 N–H and O–H groups in total. The first-order valence-corrected chi connectivity index (χ1v) is 6.30. The van der Waals surface area contributed by atoms with Gasteiger partial charge in [-0.3, -0.25) is 0 Å². The van der Waals surface area contributed by atoms with E-state index in [9.17, 15) is 0 Å². The summed E-state index contributed by atoms with van der Waals surface area (Å²) >= 11 is 0. The second kappa shape index (κ2) is 5.45. The Morgan fingerprint density at radius 2 is 2.19 bits per heavy atom. The highest BCUT2D eigenvalue weighted by Gasteiger charge is 2.38. The molecule has 0 aromatic heterocycles. The number of hydrogen-bond donors (Lipinski definition) is 1. The zero-order valence-corrected chi connectivity index (χ0v) is 10.5. The Morgan fingerprint density at radius 3 is 2.69 bits per heavy atom.